The van der Waals surface area contributed by atoms with Gasteiger partial charge in [0, 0.05) is 16.3 Å². The highest BCUT2D eigenvalue weighted by Crippen LogP contribution is 2.23. The van der Waals surface area contributed by atoms with E-state index in [1.165, 1.54) is 10.6 Å². The average Bonchev–Trinajstić information content (AvgIpc) is 2.69. The van der Waals surface area contributed by atoms with Gasteiger partial charge in [-0.1, -0.05) is 41.4 Å². The molecule has 0 atom stereocenters. The van der Waals surface area contributed by atoms with Crippen LogP contribution in [0.5, 0.6) is 0 Å². The van der Waals surface area contributed by atoms with Crippen molar-refractivity contribution in [3.05, 3.63) is 94.0 Å². The molecule has 5 nitrogen and oxygen atoms in total. The molecule has 156 valence electrons. The minimum Gasteiger partial charge on any atom is -0.322 e. The lowest BCUT2D eigenvalue weighted by molar-refractivity contribution is 0.102. The number of nitrogens with one attached hydrogen (secondary N) is 1. The number of aryl methyl sites for hydroxylation is 2. The fourth-order valence-corrected chi connectivity index (χ4v) is 4.12. The molecule has 0 saturated heterocycles. The number of amides is 1. The van der Waals surface area contributed by atoms with Gasteiger partial charge in [0.2, 0.25) is 10.0 Å². The molecule has 0 heterocycles. The van der Waals surface area contributed by atoms with Gasteiger partial charge in [0.05, 0.1) is 18.5 Å². The second-order valence-corrected chi connectivity index (χ2v) is 9.56. The number of nitrogens with zero attached hydrogens (tertiary/aromatic N) is 1. The second kappa shape index (κ2) is 8.90. The molecular weight excluding hydrogens is 420 g/mol. The predicted molar refractivity (Wildman–Crippen MR) is 123 cm³/mol. The van der Waals surface area contributed by atoms with E-state index >= 15 is 0 Å². The van der Waals surface area contributed by atoms with Gasteiger partial charge in [-0.3, -0.25) is 9.10 Å². The lowest BCUT2D eigenvalue weighted by atomic mass is 10.1. The van der Waals surface area contributed by atoms with Gasteiger partial charge in [-0.25, -0.2) is 8.42 Å². The van der Waals surface area contributed by atoms with E-state index in [0.29, 0.717) is 22.0 Å². The highest BCUT2D eigenvalue weighted by molar-refractivity contribution is 7.92. The topological polar surface area (TPSA) is 66.5 Å². The number of carbonyl (C=O) groups excluding carboxylic acids is 1. The number of carbonyl (C=O) groups is 1. The Kier molecular flexibility index (Phi) is 6.48. The third-order valence-electron chi connectivity index (χ3n) is 4.70. The largest absolute Gasteiger partial charge is 0.322 e. The molecule has 0 saturated carbocycles. The first kappa shape index (κ1) is 21.9. The summed E-state index contributed by atoms with van der Waals surface area (Å²) in [6.07, 6.45) is 1.17. The average molecular weight is 443 g/mol. The molecule has 3 aromatic carbocycles. The van der Waals surface area contributed by atoms with E-state index in [4.69, 9.17) is 11.6 Å². The molecule has 1 N–H and O–H groups in total. The zero-order chi connectivity index (χ0) is 21.9. The lowest BCUT2D eigenvalue weighted by Crippen LogP contribution is -2.29. The molecule has 0 fully saturated rings. The van der Waals surface area contributed by atoms with Crippen molar-refractivity contribution in [2.45, 2.75) is 20.4 Å². The van der Waals surface area contributed by atoms with Gasteiger partial charge in [0.25, 0.3) is 5.91 Å². The van der Waals surface area contributed by atoms with Crippen LogP contribution in [-0.4, -0.2) is 20.6 Å². The monoisotopic (exact) mass is 442 g/mol. The number of sulfonamides is 1. The van der Waals surface area contributed by atoms with Crippen molar-refractivity contribution in [1.29, 1.82) is 0 Å². The number of anilines is 2. The minimum atomic E-state index is -3.50. The second-order valence-electron chi connectivity index (χ2n) is 7.22. The van der Waals surface area contributed by atoms with E-state index in [2.05, 4.69) is 5.32 Å². The maximum atomic E-state index is 12.6. The molecule has 0 bridgehead atoms. The third-order valence-corrected chi connectivity index (χ3v) is 6.08. The first-order chi connectivity index (χ1) is 14.1. The highest BCUT2D eigenvalue weighted by atomic mass is 35.5. The number of hydrogen-bond acceptors (Lipinski definition) is 3. The summed E-state index contributed by atoms with van der Waals surface area (Å²) < 4.78 is 26.1. The molecule has 30 heavy (non-hydrogen) atoms. The van der Waals surface area contributed by atoms with Crippen LogP contribution in [0.2, 0.25) is 5.02 Å². The van der Waals surface area contributed by atoms with Crippen LogP contribution in [0.15, 0.2) is 66.7 Å². The van der Waals surface area contributed by atoms with Gasteiger partial charge in [0.15, 0.2) is 0 Å². The van der Waals surface area contributed by atoms with Gasteiger partial charge in [-0.05, 0) is 67.4 Å². The quantitative estimate of drug-likeness (QED) is 0.572. The summed E-state index contributed by atoms with van der Waals surface area (Å²) in [5.41, 5.74) is 4.44. The Bertz CT molecular complexity index is 1160. The van der Waals surface area contributed by atoms with E-state index < -0.39 is 10.0 Å². The Hall–Kier alpha value is -2.83. The van der Waals surface area contributed by atoms with Gasteiger partial charge in [0.1, 0.15) is 0 Å². The van der Waals surface area contributed by atoms with E-state index in [9.17, 15) is 13.2 Å². The highest BCUT2D eigenvalue weighted by Gasteiger charge is 2.18. The molecule has 0 radical (unpaired) electrons. The van der Waals surface area contributed by atoms with Crippen molar-refractivity contribution < 1.29 is 13.2 Å². The number of benzene rings is 3. The van der Waals surface area contributed by atoms with Gasteiger partial charge < -0.3 is 5.32 Å². The van der Waals surface area contributed by atoms with E-state index in [-0.39, 0.29) is 12.5 Å². The molecule has 0 unspecified atom stereocenters. The first-order valence-electron chi connectivity index (χ1n) is 9.34. The Balaban J connectivity index is 1.80. The number of rotatable bonds is 6. The minimum absolute atomic E-state index is 0.217. The molecule has 0 aromatic heterocycles. The lowest BCUT2D eigenvalue weighted by Gasteiger charge is -2.23. The number of halogens is 1. The molecule has 3 rings (SSSR count). The zero-order valence-electron chi connectivity index (χ0n) is 17.0. The van der Waals surface area contributed by atoms with Crippen LogP contribution < -0.4 is 9.62 Å². The van der Waals surface area contributed by atoms with Crippen LogP contribution >= 0.6 is 11.6 Å². The molecule has 7 heteroatoms. The van der Waals surface area contributed by atoms with Crippen molar-refractivity contribution in [3.8, 4) is 0 Å². The SMILES string of the molecule is Cc1ccc(CN(c2ccc(C(=O)Nc3ccc(Cl)cc3C)cc2)S(C)(=O)=O)cc1. The maximum absolute atomic E-state index is 12.6. The smallest absolute Gasteiger partial charge is 0.255 e. The van der Waals surface area contributed by atoms with Crippen molar-refractivity contribution in [2.75, 3.05) is 15.9 Å². The van der Waals surface area contributed by atoms with Crippen LogP contribution in [0, 0.1) is 13.8 Å². The zero-order valence-corrected chi connectivity index (χ0v) is 18.6. The Morgan fingerprint density at radius 2 is 1.60 bits per heavy atom. The van der Waals surface area contributed by atoms with Crippen LogP contribution in [0.25, 0.3) is 0 Å². The fraction of sp³-hybridized carbons (Fsp3) is 0.174. The molecular formula is C23H23ClN2O3S. The predicted octanol–water partition coefficient (Wildman–Crippen LogP) is 5.18. The standard InChI is InChI=1S/C23H23ClN2O3S/c1-16-4-6-18(7-5-16)15-26(30(3,28)29)21-11-8-19(9-12-21)23(27)25-22-13-10-20(24)14-17(22)2/h4-14H,15H2,1-3H3,(H,25,27). The van der Waals surface area contributed by atoms with E-state index in [1.54, 1.807) is 42.5 Å². The van der Waals surface area contributed by atoms with Gasteiger partial charge in [-0.2, -0.15) is 0 Å². The third kappa shape index (κ3) is 5.40. The molecule has 0 aliphatic rings. The van der Waals surface area contributed by atoms with Crippen LogP contribution in [0.4, 0.5) is 11.4 Å². The summed E-state index contributed by atoms with van der Waals surface area (Å²) in [4.78, 5) is 12.6. The van der Waals surface area contributed by atoms with Gasteiger partial charge >= 0.3 is 0 Å². The van der Waals surface area contributed by atoms with Crippen molar-refractivity contribution >= 4 is 38.9 Å². The summed E-state index contributed by atoms with van der Waals surface area (Å²) in [5.74, 6) is -0.281. The molecule has 0 spiro atoms. The first-order valence-corrected chi connectivity index (χ1v) is 11.6. The summed E-state index contributed by atoms with van der Waals surface area (Å²) in [6.45, 7) is 4.06. The summed E-state index contributed by atoms with van der Waals surface area (Å²) in [6, 6.07) is 19.4. The van der Waals surface area contributed by atoms with Crippen molar-refractivity contribution in [3.63, 3.8) is 0 Å². The molecule has 3 aromatic rings. The van der Waals surface area contributed by atoms with Crippen molar-refractivity contribution in [1.82, 2.24) is 0 Å². The van der Waals surface area contributed by atoms with E-state index in [1.807, 2.05) is 38.1 Å². The van der Waals surface area contributed by atoms with Crippen LogP contribution in [-0.2, 0) is 16.6 Å². The molecule has 0 aliphatic carbocycles. The summed E-state index contributed by atoms with van der Waals surface area (Å²) in [7, 11) is -3.50. The van der Waals surface area contributed by atoms with Crippen LogP contribution in [0.1, 0.15) is 27.0 Å². The molecule has 0 aliphatic heterocycles. The normalized spacial score (nSPS) is 11.2. The Labute approximate surface area is 182 Å². The Morgan fingerprint density at radius 1 is 0.967 bits per heavy atom. The number of hydrogen-bond donors (Lipinski definition) is 1. The maximum Gasteiger partial charge on any atom is 0.255 e. The summed E-state index contributed by atoms with van der Waals surface area (Å²) >= 11 is 5.95. The molecule has 1 amide bonds. The van der Waals surface area contributed by atoms with Crippen LogP contribution in [0.3, 0.4) is 0 Å². The Morgan fingerprint density at radius 3 is 2.17 bits per heavy atom. The fourth-order valence-electron chi connectivity index (χ4n) is 3.00. The van der Waals surface area contributed by atoms with E-state index in [0.717, 1.165) is 16.7 Å². The summed E-state index contributed by atoms with van der Waals surface area (Å²) in [5, 5.41) is 3.45. The van der Waals surface area contributed by atoms with Gasteiger partial charge in [-0.15, -0.1) is 0 Å². The van der Waals surface area contributed by atoms with Crippen molar-refractivity contribution in [2.24, 2.45) is 0 Å².